The van der Waals surface area contributed by atoms with E-state index in [2.05, 4.69) is 46.7 Å². The van der Waals surface area contributed by atoms with Gasteiger partial charge in [0.2, 0.25) is 0 Å². The summed E-state index contributed by atoms with van der Waals surface area (Å²) in [5, 5.41) is 6.94. The summed E-state index contributed by atoms with van der Waals surface area (Å²) in [5.74, 6) is 1.78. The van der Waals surface area contributed by atoms with Gasteiger partial charge >= 0.3 is 0 Å². The molecule has 1 heterocycles. The first-order valence-electron chi connectivity index (χ1n) is 9.95. The lowest BCUT2D eigenvalue weighted by molar-refractivity contribution is 0.0179. The van der Waals surface area contributed by atoms with Crippen LogP contribution in [0.3, 0.4) is 0 Å². The van der Waals surface area contributed by atoms with Gasteiger partial charge in [0.15, 0.2) is 5.96 Å². The standard InChI is InChI=1S/C21H32N4O2.HI/c1-3-22-21(24-18-6-4-5-7-18)23-16-20(25-12-14-27-15-13-25)17-8-10-19(26-2)11-9-17;/h4-5,8-11,18,20H,3,6-7,12-16H2,1-2H3,(H2,22,23,24);1H. The predicted octanol–water partition coefficient (Wildman–Crippen LogP) is 2.96. The highest BCUT2D eigenvalue weighted by atomic mass is 127. The van der Waals surface area contributed by atoms with Crippen LogP contribution in [0.25, 0.3) is 0 Å². The summed E-state index contributed by atoms with van der Waals surface area (Å²) < 4.78 is 10.9. The van der Waals surface area contributed by atoms with E-state index in [1.807, 2.05) is 12.1 Å². The normalized spacial score (nSPS) is 19.1. The number of ether oxygens (including phenoxy) is 2. The summed E-state index contributed by atoms with van der Waals surface area (Å²) in [6.07, 6.45) is 6.59. The van der Waals surface area contributed by atoms with E-state index in [0.29, 0.717) is 12.6 Å². The number of aliphatic imine (C=N–C) groups is 1. The Hall–Kier alpha value is -1.32. The van der Waals surface area contributed by atoms with Crippen molar-refractivity contribution in [3.05, 3.63) is 42.0 Å². The molecule has 2 aliphatic rings. The number of halogens is 1. The van der Waals surface area contributed by atoms with Gasteiger partial charge in [0.25, 0.3) is 0 Å². The molecule has 156 valence electrons. The van der Waals surface area contributed by atoms with Gasteiger partial charge in [-0.3, -0.25) is 9.89 Å². The number of rotatable bonds is 7. The summed E-state index contributed by atoms with van der Waals surface area (Å²) in [7, 11) is 1.70. The van der Waals surface area contributed by atoms with E-state index < -0.39 is 0 Å². The molecule has 1 aliphatic heterocycles. The lowest BCUT2D eigenvalue weighted by atomic mass is 10.0. The van der Waals surface area contributed by atoms with Crippen molar-refractivity contribution in [1.29, 1.82) is 0 Å². The molecule has 1 atom stereocenters. The maximum Gasteiger partial charge on any atom is 0.191 e. The quantitative estimate of drug-likeness (QED) is 0.261. The molecule has 0 saturated carbocycles. The zero-order valence-electron chi connectivity index (χ0n) is 16.9. The van der Waals surface area contributed by atoms with E-state index in [1.54, 1.807) is 7.11 Å². The highest BCUT2D eigenvalue weighted by Crippen LogP contribution is 2.24. The summed E-state index contributed by atoms with van der Waals surface area (Å²) in [6.45, 7) is 7.10. The van der Waals surface area contributed by atoms with Crippen LogP contribution in [0.2, 0.25) is 0 Å². The molecular weight excluding hydrogens is 467 g/mol. The molecule has 28 heavy (non-hydrogen) atoms. The maximum absolute atomic E-state index is 5.55. The first kappa shape index (κ1) is 23.0. The topological polar surface area (TPSA) is 58.1 Å². The molecule has 7 heteroatoms. The van der Waals surface area contributed by atoms with Gasteiger partial charge in [-0.2, -0.15) is 0 Å². The Balaban J connectivity index is 0.00000280. The monoisotopic (exact) mass is 500 g/mol. The zero-order valence-corrected chi connectivity index (χ0v) is 19.2. The number of guanidine groups is 1. The fourth-order valence-corrected chi connectivity index (χ4v) is 3.57. The zero-order chi connectivity index (χ0) is 18.9. The SMILES string of the molecule is CCNC(=NCC(c1ccc(OC)cc1)N1CCOCC1)NC1CC=CC1.I. The summed E-state index contributed by atoms with van der Waals surface area (Å²) in [4.78, 5) is 7.39. The van der Waals surface area contributed by atoms with Gasteiger partial charge < -0.3 is 20.1 Å². The summed E-state index contributed by atoms with van der Waals surface area (Å²) in [6, 6.07) is 9.04. The average molecular weight is 500 g/mol. The molecule has 1 aliphatic carbocycles. The first-order valence-corrected chi connectivity index (χ1v) is 9.95. The molecule has 0 bridgehead atoms. The second-order valence-corrected chi connectivity index (χ2v) is 6.94. The molecule has 0 spiro atoms. The Morgan fingerprint density at radius 1 is 1.21 bits per heavy atom. The molecule has 6 nitrogen and oxygen atoms in total. The van der Waals surface area contributed by atoms with Crippen molar-refractivity contribution >= 4 is 29.9 Å². The number of hydrogen-bond donors (Lipinski definition) is 2. The van der Waals surface area contributed by atoms with E-state index >= 15 is 0 Å². The van der Waals surface area contributed by atoms with Crippen molar-refractivity contribution in [1.82, 2.24) is 15.5 Å². The van der Waals surface area contributed by atoms with Crippen molar-refractivity contribution in [2.75, 3.05) is 46.5 Å². The third-order valence-electron chi connectivity index (χ3n) is 5.10. The Morgan fingerprint density at radius 2 is 1.89 bits per heavy atom. The van der Waals surface area contributed by atoms with E-state index in [1.165, 1.54) is 5.56 Å². The molecular formula is C21H33IN4O2. The number of nitrogens with one attached hydrogen (secondary N) is 2. The number of morpholine rings is 1. The van der Waals surface area contributed by atoms with Crippen LogP contribution in [0.1, 0.15) is 31.4 Å². The van der Waals surface area contributed by atoms with Crippen LogP contribution < -0.4 is 15.4 Å². The van der Waals surface area contributed by atoms with Gasteiger partial charge in [-0.05, 0) is 37.5 Å². The smallest absolute Gasteiger partial charge is 0.191 e. The summed E-state index contributed by atoms with van der Waals surface area (Å²) >= 11 is 0. The highest BCUT2D eigenvalue weighted by molar-refractivity contribution is 14.0. The Kier molecular flexibility index (Phi) is 10.1. The number of methoxy groups -OCH3 is 1. The molecule has 1 fully saturated rings. The van der Waals surface area contributed by atoms with E-state index in [9.17, 15) is 0 Å². The van der Waals surface area contributed by atoms with Crippen LogP contribution in [0, 0.1) is 0 Å². The second-order valence-electron chi connectivity index (χ2n) is 6.94. The highest BCUT2D eigenvalue weighted by Gasteiger charge is 2.23. The minimum atomic E-state index is 0. The molecule has 0 aromatic heterocycles. The van der Waals surface area contributed by atoms with Gasteiger partial charge in [-0.25, -0.2) is 0 Å². The van der Waals surface area contributed by atoms with Crippen molar-refractivity contribution < 1.29 is 9.47 Å². The van der Waals surface area contributed by atoms with Gasteiger partial charge in [-0.15, -0.1) is 24.0 Å². The van der Waals surface area contributed by atoms with Crippen molar-refractivity contribution in [2.24, 2.45) is 4.99 Å². The van der Waals surface area contributed by atoms with Crippen molar-refractivity contribution in [3.63, 3.8) is 0 Å². The third-order valence-corrected chi connectivity index (χ3v) is 5.10. The molecule has 1 aromatic rings. The molecule has 1 aromatic carbocycles. The molecule has 1 saturated heterocycles. The van der Waals surface area contributed by atoms with Crippen molar-refractivity contribution in [2.45, 2.75) is 31.8 Å². The van der Waals surface area contributed by atoms with Crippen LogP contribution >= 0.6 is 24.0 Å². The van der Waals surface area contributed by atoms with Gasteiger partial charge in [-0.1, -0.05) is 24.3 Å². The maximum atomic E-state index is 5.55. The number of nitrogens with zero attached hydrogens (tertiary/aromatic N) is 2. The molecule has 0 radical (unpaired) electrons. The van der Waals surface area contributed by atoms with Crippen LogP contribution in [-0.4, -0.2) is 63.4 Å². The van der Waals surface area contributed by atoms with Gasteiger partial charge in [0.1, 0.15) is 5.75 Å². The number of hydrogen-bond acceptors (Lipinski definition) is 4. The van der Waals surface area contributed by atoms with Crippen LogP contribution in [-0.2, 0) is 4.74 Å². The molecule has 0 amide bonds. The Morgan fingerprint density at radius 3 is 2.50 bits per heavy atom. The Bertz CT molecular complexity index is 622. The molecule has 2 N–H and O–H groups in total. The summed E-state index contributed by atoms with van der Waals surface area (Å²) in [5.41, 5.74) is 1.26. The van der Waals surface area contributed by atoms with Gasteiger partial charge in [0.05, 0.1) is 32.9 Å². The van der Waals surface area contributed by atoms with Crippen LogP contribution in [0.15, 0.2) is 41.4 Å². The fraction of sp³-hybridized carbons (Fsp3) is 0.571. The van der Waals surface area contributed by atoms with E-state index in [-0.39, 0.29) is 30.0 Å². The predicted molar refractivity (Wildman–Crippen MR) is 125 cm³/mol. The average Bonchev–Trinajstić information content (AvgIpc) is 3.22. The molecule has 1 unspecified atom stereocenters. The minimum absolute atomic E-state index is 0. The second kappa shape index (κ2) is 12.3. The van der Waals surface area contributed by atoms with E-state index in [4.69, 9.17) is 14.5 Å². The number of benzene rings is 1. The van der Waals surface area contributed by atoms with Crippen LogP contribution in [0.4, 0.5) is 0 Å². The van der Waals surface area contributed by atoms with E-state index in [0.717, 1.165) is 57.4 Å². The van der Waals surface area contributed by atoms with Crippen LogP contribution in [0.5, 0.6) is 5.75 Å². The Labute approximate surface area is 185 Å². The van der Waals surface area contributed by atoms with Gasteiger partial charge in [0, 0.05) is 25.7 Å². The third kappa shape index (κ3) is 6.63. The lowest BCUT2D eigenvalue weighted by Gasteiger charge is -2.34. The van der Waals surface area contributed by atoms with Crippen molar-refractivity contribution in [3.8, 4) is 5.75 Å². The fourth-order valence-electron chi connectivity index (χ4n) is 3.57. The minimum Gasteiger partial charge on any atom is -0.497 e. The lowest BCUT2D eigenvalue weighted by Crippen LogP contribution is -2.44. The first-order chi connectivity index (χ1) is 13.3. The molecule has 3 rings (SSSR count). The largest absolute Gasteiger partial charge is 0.497 e.